The van der Waals surface area contributed by atoms with Crippen molar-refractivity contribution in [3.05, 3.63) is 60.5 Å². The first-order valence-electron chi connectivity index (χ1n) is 13.4. The number of nitrogens with zero attached hydrogens (tertiary/aromatic N) is 7. The number of nitrogens with one attached hydrogen (secondary N) is 1. The Hall–Kier alpha value is -3.74. The van der Waals surface area contributed by atoms with Gasteiger partial charge in [-0.1, -0.05) is 0 Å². The van der Waals surface area contributed by atoms with Gasteiger partial charge in [0.15, 0.2) is 0 Å². The van der Waals surface area contributed by atoms with Crippen LogP contribution < -0.4 is 5.32 Å². The van der Waals surface area contributed by atoms with Crippen LogP contribution in [0.2, 0.25) is 0 Å². The van der Waals surface area contributed by atoms with Crippen molar-refractivity contribution in [3.63, 3.8) is 0 Å². The molecule has 2 saturated heterocycles. The lowest BCUT2D eigenvalue weighted by atomic mass is 9.86. The van der Waals surface area contributed by atoms with Gasteiger partial charge in [-0.15, -0.1) is 0 Å². The van der Waals surface area contributed by atoms with E-state index in [0.717, 1.165) is 17.6 Å². The maximum atomic E-state index is 15.6. The molecule has 3 aromatic rings. The number of aromatic nitrogens is 4. The number of allylic oxidation sites excluding steroid dienone is 2. The molecule has 0 bridgehead atoms. The van der Waals surface area contributed by atoms with Crippen LogP contribution in [0.3, 0.4) is 0 Å². The first-order chi connectivity index (χ1) is 19.3. The summed E-state index contributed by atoms with van der Waals surface area (Å²) >= 11 is 0. The molecule has 5 heterocycles. The number of ether oxygens (including phenoxy) is 1. The van der Waals surface area contributed by atoms with E-state index in [1.165, 1.54) is 12.2 Å². The molecular weight excluding hydrogens is 518 g/mol. The molecule has 6 rings (SSSR count). The van der Waals surface area contributed by atoms with E-state index in [-0.39, 0.29) is 5.91 Å². The Morgan fingerprint density at radius 1 is 1.12 bits per heavy atom. The molecule has 3 aliphatic rings. The number of pyridine rings is 1. The number of hydrogen-bond acceptors (Lipinski definition) is 8. The van der Waals surface area contributed by atoms with E-state index in [2.05, 4.69) is 25.2 Å². The zero-order valence-corrected chi connectivity index (χ0v) is 22.6. The molecule has 10 nitrogen and oxygen atoms in total. The second-order valence-corrected chi connectivity index (χ2v) is 10.6. The predicted octanol–water partition coefficient (Wildman–Crippen LogP) is 2.98. The maximum Gasteiger partial charge on any atom is 0.236 e. The Balaban J connectivity index is 1.18. The van der Waals surface area contributed by atoms with Gasteiger partial charge in [0, 0.05) is 63.2 Å². The van der Waals surface area contributed by atoms with E-state index < -0.39 is 17.5 Å². The van der Waals surface area contributed by atoms with Crippen molar-refractivity contribution in [1.82, 2.24) is 34.2 Å². The number of piperazine rings is 1. The Morgan fingerprint density at radius 2 is 1.95 bits per heavy atom. The number of likely N-dealkylation sites (N-methyl/N-ethyl adjacent to an activating group) is 1. The summed E-state index contributed by atoms with van der Waals surface area (Å²) < 4.78 is 38.1. The Labute approximate surface area is 230 Å². The molecule has 0 aromatic carbocycles. The highest BCUT2D eigenvalue weighted by molar-refractivity contribution is 5.82. The van der Waals surface area contributed by atoms with E-state index in [4.69, 9.17) is 4.74 Å². The number of carbonyl (C=O) groups is 1. The van der Waals surface area contributed by atoms with E-state index >= 15 is 8.78 Å². The summed E-state index contributed by atoms with van der Waals surface area (Å²) in [6.07, 6.45) is 6.39. The van der Waals surface area contributed by atoms with E-state index in [1.807, 2.05) is 30.1 Å². The molecular formula is C28H32F2N8O2. The minimum absolute atomic E-state index is 0.109. The number of alkyl halides is 1. The zero-order valence-electron chi connectivity index (χ0n) is 22.6. The van der Waals surface area contributed by atoms with Crippen molar-refractivity contribution in [2.45, 2.75) is 25.2 Å². The lowest BCUT2D eigenvalue weighted by Crippen LogP contribution is -2.57. The average molecular weight is 551 g/mol. The van der Waals surface area contributed by atoms with Gasteiger partial charge < -0.3 is 19.5 Å². The summed E-state index contributed by atoms with van der Waals surface area (Å²) in [6.45, 7) is 5.95. The van der Waals surface area contributed by atoms with Crippen LogP contribution in [0.25, 0.3) is 16.7 Å². The number of anilines is 2. The highest BCUT2D eigenvalue weighted by atomic mass is 19.1. The van der Waals surface area contributed by atoms with Gasteiger partial charge in [-0.25, -0.2) is 13.8 Å². The number of halogens is 2. The van der Waals surface area contributed by atoms with Gasteiger partial charge in [-0.05, 0) is 37.3 Å². The summed E-state index contributed by atoms with van der Waals surface area (Å²) in [5.74, 6) is -0.0829. The molecule has 2 atom stereocenters. The minimum atomic E-state index is -1.55. The summed E-state index contributed by atoms with van der Waals surface area (Å²) in [5, 5.41) is 3.90. The van der Waals surface area contributed by atoms with Crippen LogP contribution in [-0.4, -0.2) is 105 Å². The molecule has 0 radical (unpaired) electrons. The van der Waals surface area contributed by atoms with E-state index in [9.17, 15) is 4.79 Å². The van der Waals surface area contributed by atoms with Crippen molar-refractivity contribution in [2.24, 2.45) is 0 Å². The standard InChI is InChI=1S/C28H32F2N8O2/c1-28(37-9-11-40-12-10-37)23(29)13-22(14-24(28)30)38-6-5-19-15-32-27(34-26(19)38)33-20-3-4-21(31-16-20)17-36-8-7-35(2)25(39)18-36/h3-6,13-16,23H,7-12,17-18H2,1-2H3,(H,32,33,34). The van der Waals surface area contributed by atoms with Crippen molar-refractivity contribution >= 4 is 34.3 Å². The molecule has 40 heavy (non-hydrogen) atoms. The van der Waals surface area contributed by atoms with Gasteiger partial charge in [0.2, 0.25) is 11.9 Å². The second-order valence-electron chi connectivity index (χ2n) is 10.6. The quantitative estimate of drug-likeness (QED) is 0.501. The maximum absolute atomic E-state index is 15.6. The topological polar surface area (TPSA) is 91.7 Å². The third-order valence-electron chi connectivity index (χ3n) is 7.99. The van der Waals surface area contributed by atoms with Gasteiger partial charge in [-0.2, -0.15) is 4.98 Å². The number of rotatable bonds is 6. The van der Waals surface area contributed by atoms with Gasteiger partial charge in [0.25, 0.3) is 0 Å². The molecule has 2 aliphatic heterocycles. The van der Waals surface area contributed by atoms with Crippen LogP contribution >= 0.6 is 0 Å². The lowest BCUT2D eigenvalue weighted by Gasteiger charge is -2.44. The largest absolute Gasteiger partial charge is 0.379 e. The van der Waals surface area contributed by atoms with E-state index in [0.29, 0.717) is 68.9 Å². The van der Waals surface area contributed by atoms with Crippen LogP contribution in [-0.2, 0) is 16.1 Å². The molecule has 210 valence electrons. The van der Waals surface area contributed by atoms with Crippen molar-refractivity contribution < 1.29 is 18.3 Å². The molecule has 0 saturated carbocycles. The van der Waals surface area contributed by atoms with Crippen LogP contribution in [0.15, 0.2) is 54.8 Å². The number of carbonyl (C=O) groups excluding carboxylic acids is 1. The smallest absolute Gasteiger partial charge is 0.236 e. The van der Waals surface area contributed by atoms with Gasteiger partial charge in [0.1, 0.15) is 23.2 Å². The summed E-state index contributed by atoms with van der Waals surface area (Å²) in [6, 6.07) is 5.60. The molecule has 0 spiro atoms. The van der Waals surface area contributed by atoms with Crippen LogP contribution in [0.4, 0.5) is 20.4 Å². The Kier molecular flexibility index (Phi) is 7.07. The number of fused-ring (bicyclic) bond motifs is 1. The predicted molar refractivity (Wildman–Crippen MR) is 147 cm³/mol. The van der Waals surface area contributed by atoms with Crippen LogP contribution in [0.5, 0.6) is 0 Å². The van der Waals surface area contributed by atoms with Crippen molar-refractivity contribution in [3.8, 4) is 0 Å². The summed E-state index contributed by atoms with van der Waals surface area (Å²) in [7, 11) is 1.82. The summed E-state index contributed by atoms with van der Waals surface area (Å²) in [4.78, 5) is 31.1. The van der Waals surface area contributed by atoms with E-state index in [1.54, 1.807) is 35.0 Å². The molecule has 12 heteroatoms. The summed E-state index contributed by atoms with van der Waals surface area (Å²) in [5.41, 5.74) is 1.10. The number of amides is 1. The third-order valence-corrected chi connectivity index (χ3v) is 7.99. The first kappa shape index (κ1) is 26.5. The second kappa shape index (κ2) is 10.7. The Bertz CT molecular complexity index is 1470. The zero-order chi connectivity index (χ0) is 27.9. The van der Waals surface area contributed by atoms with Crippen LogP contribution in [0, 0.1) is 0 Å². The normalized spacial score (nSPS) is 24.8. The highest BCUT2D eigenvalue weighted by Gasteiger charge is 2.46. The fourth-order valence-corrected chi connectivity index (χ4v) is 5.35. The fourth-order valence-electron chi connectivity index (χ4n) is 5.35. The molecule has 1 N–H and O–H groups in total. The first-order valence-corrected chi connectivity index (χ1v) is 13.4. The van der Waals surface area contributed by atoms with Crippen molar-refractivity contribution in [1.29, 1.82) is 0 Å². The number of morpholine rings is 1. The van der Waals surface area contributed by atoms with Gasteiger partial charge >= 0.3 is 0 Å². The Morgan fingerprint density at radius 3 is 2.67 bits per heavy atom. The molecule has 2 fully saturated rings. The van der Waals surface area contributed by atoms with Gasteiger partial charge in [-0.3, -0.25) is 19.6 Å². The highest BCUT2D eigenvalue weighted by Crippen LogP contribution is 2.39. The average Bonchev–Trinajstić information content (AvgIpc) is 3.38. The fraction of sp³-hybridized carbons (Fsp3) is 0.429. The molecule has 1 aliphatic carbocycles. The van der Waals surface area contributed by atoms with Crippen molar-refractivity contribution in [2.75, 3.05) is 58.3 Å². The van der Waals surface area contributed by atoms with Crippen LogP contribution in [0.1, 0.15) is 12.6 Å². The lowest BCUT2D eigenvalue weighted by molar-refractivity contribution is -0.134. The van der Waals surface area contributed by atoms with Gasteiger partial charge in [0.05, 0.1) is 37.3 Å². The third kappa shape index (κ3) is 4.98. The monoisotopic (exact) mass is 550 g/mol. The molecule has 3 aromatic heterocycles. The number of hydrogen-bond donors (Lipinski definition) is 1. The molecule has 1 amide bonds. The minimum Gasteiger partial charge on any atom is -0.379 e. The molecule has 2 unspecified atom stereocenters. The SMILES string of the molecule is CN1CCN(Cc2ccc(Nc3ncc4ccn(C5=CC(F)C(C)(N6CCOCC6)C(F)=C5)c4n3)cn2)CC1=O.